The van der Waals surface area contributed by atoms with Gasteiger partial charge in [0.15, 0.2) is 0 Å². The van der Waals surface area contributed by atoms with Crippen LogP contribution in [0.3, 0.4) is 0 Å². The molecule has 97 heavy (non-hydrogen) atoms. The number of carbonyl (C=O) groups excluding carboxylic acids is 13. The SMILES string of the molecule is CC[C@H](NC(=O)[C@H]([C@H](OC(C)=O)[C@H](C)CC=Cc1ccccn1)N(C)C(=O)[C@H](C(C)C)N(C)C(=O)[C@H](CC(C)C)N(C)C(=O)[C@H](CC(C)C)N(C)C(=O)NC(=O)[C@@H](C)NC(=O)[C@H](CC(C)C)N(C)C(=O)CC(C)C)C(=O)N(C)[C@H](COC(C)=O)C(=O)N(C)[C@@H](CC(C)C)C(=O)NC. The summed E-state index contributed by atoms with van der Waals surface area (Å²) >= 11 is 0. The maximum atomic E-state index is 15.6. The molecule has 0 aromatic carbocycles. The Morgan fingerprint density at radius 3 is 1.44 bits per heavy atom. The van der Waals surface area contributed by atoms with E-state index in [9.17, 15) is 43.2 Å². The molecule has 1 rings (SSSR count). The molecular weight excluding hydrogens is 1250 g/mol. The van der Waals surface area contributed by atoms with Crippen LogP contribution < -0.4 is 21.3 Å². The smallest absolute Gasteiger partial charge is 0.324 e. The van der Waals surface area contributed by atoms with Gasteiger partial charge < -0.3 is 59.7 Å². The second-order valence-corrected chi connectivity index (χ2v) is 28.0. The van der Waals surface area contributed by atoms with E-state index >= 15 is 19.2 Å². The van der Waals surface area contributed by atoms with Gasteiger partial charge in [-0.2, -0.15) is 0 Å². The van der Waals surface area contributed by atoms with Gasteiger partial charge in [0.05, 0.1) is 5.69 Å². The standard InChI is InChI=1S/C70H118N12O15/c1-26-51(65(90)79(22)56(39-96-48(16)83)68(93)77(20)52(34-40(2)3)62(87)71-18)74-64(89)59(60(97-49(17)84)46(14)30-29-32-50-31-27-28-33-72-50)82(25)69(94)58(45(12)13)81(24)67(92)54(36-42(6)7)78(21)66(91)55(37-43(8)9)80(23)70(95)75-61(86)47(15)73-63(88)53(35-41(4)5)76(19)57(85)38-44(10)11/h27-29,31-33,40-47,51-56,58-60H,26,30,34-39H2,1-25H3,(H,71,87)(H,73,88)(H,74,89)(H,75,86,95)/t46-,47-,51+,52+,53+,54+,55+,56-,58+,59+,60-/m1/s1. The number of carbonyl (C=O) groups is 13. The van der Waals surface area contributed by atoms with E-state index < -0.39 is 150 Å². The van der Waals surface area contributed by atoms with Crippen molar-refractivity contribution >= 4 is 83.1 Å². The number of allylic oxidation sites excluding steroid dienone is 1. The van der Waals surface area contributed by atoms with Crippen LogP contribution in [0.25, 0.3) is 6.08 Å². The lowest BCUT2D eigenvalue weighted by Crippen LogP contribution is -2.64. The zero-order valence-electron chi connectivity index (χ0n) is 62.6. The van der Waals surface area contributed by atoms with E-state index in [0.717, 1.165) is 28.5 Å². The average Bonchev–Trinajstić information content (AvgIpc) is 0.800. The fourth-order valence-corrected chi connectivity index (χ4v) is 11.3. The van der Waals surface area contributed by atoms with Gasteiger partial charge in [0.1, 0.15) is 67.1 Å². The van der Waals surface area contributed by atoms with Gasteiger partial charge in [-0.05, 0) is 105 Å². The molecule has 27 nitrogen and oxygen atoms in total. The van der Waals surface area contributed by atoms with Crippen molar-refractivity contribution in [3.05, 3.63) is 36.2 Å². The number of esters is 2. The first kappa shape index (κ1) is 87.0. The molecule has 0 radical (unpaired) electrons. The van der Waals surface area contributed by atoms with Crippen LogP contribution in [0, 0.1) is 41.4 Å². The second-order valence-electron chi connectivity index (χ2n) is 28.0. The Bertz CT molecular complexity index is 2850. The van der Waals surface area contributed by atoms with Gasteiger partial charge in [-0.15, -0.1) is 0 Å². The first-order valence-electron chi connectivity index (χ1n) is 33.9. The number of aromatic nitrogens is 1. The Morgan fingerprint density at radius 1 is 0.505 bits per heavy atom. The molecule has 0 saturated carbocycles. The first-order chi connectivity index (χ1) is 45.0. The predicted molar refractivity (Wildman–Crippen MR) is 370 cm³/mol. The summed E-state index contributed by atoms with van der Waals surface area (Å²) in [6, 6.07) is -7.35. The van der Waals surface area contributed by atoms with Crippen molar-refractivity contribution < 1.29 is 71.8 Å². The van der Waals surface area contributed by atoms with E-state index in [1.54, 1.807) is 64.2 Å². The number of nitrogens with zero attached hydrogens (tertiary/aromatic N) is 8. The lowest BCUT2D eigenvalue weighted by Gasteiger charge is -2.42. The summed E-state index contributed by atoms with van der Waals surface area (Å²) in [6.07, 6.45) is 4.64. The van der Waals surface area contributed by atoms with Crippen LogP contribution in [-0.4, -0.2) is 240 Å². The van der Waals surface area contributed by atoms with Crippen LogP contribution in [0.4, 0.5) is 4.79 Å². The van der Waals surface area contributed by atoms with E-state index in [2.05, 4.69) is 26.3 Å². The number of amides is 12. The zero-order chi connectivity index (χ0) is 74.8. The molecule has 12 amide bonds. The van der Waals surface area contributed by atoms with Gasteiger partial charge in [0.25, 0.3) is 0 Å². The summed E-state index contributed by atoms with van der Waals surface area (Å²) in [5, 5.41) is 10.3. The van der Waals surface area contributed by atoms with Crippen LogP contribution >= 0.6 is 0 Å². The molecule has 0 spiro atoms. The van der Waals surface area contributed by atoms with Crippen molar-refractivity contribution in [1.29, 1.82) is 0 Å². The number of imide groups is 1. The quantitative estimate of drug-likeness (QED) is 0.0622. The monoisotopic (exact) mass is 1370 g/mol. The van der Waals surface area contributed by atoms with Crippen LogP contribution in [0.1, 0.15) is 168 Å². The predicted octanol–water partition coefficient (Wildman–Crippen LogP) is 5.15. The van der Waals surface area contributed by atoms with E-state index in [1.165, 1.54) is 82.9 Å². The summed E-state index contributed by atoms with van der Waals surface area (Å²) in [5.74, 6) is -10.3. The van der Waals surface area contributed by atoms with Crippen LogP contribution in [0.2, 0.25) is 0 Å². The Kier molecular flexibility index (Phi) is 37.0. The lowest BCUT2D eigenvalue weighted by atomic mass is 9.91. The molecule has 27 heteroatoms. The number of likely N-dealkylation sites (N-methyl/N-ethyl adjacent to an activating group) is 8. The highest BCUT2D eigenvalue weighted by Gasteiger charge is 2.47. The summed E-state index contributed by atoms with van der Waals surface area (Å²) in [5.41, 5.74) is 0.603. The van der Waals surface area contributed by atoms with Gasteiger partial charge in [0, 0.05) is 82.8 Å². The minimum atomic E-state index is -1.73. The Labute approximate surface area is 577 Å². The molecule has 11 atom stereocenters. The van der Waals surface area contributed by atoms with E-state index in [4.69, 9.17) is 9.47 Å². The average molecular weight is 1370 g/mol. The second kappa shape index (κ2) is 41.3. The highest BCUT2D eigenvalue weighted by molar-refractivity contribution is 6.01. The third-order valence-corrected chi connectivity index (χ3v) is 17.0. The molecule has 0 aliphatic carbocycles. The highest BCUT2D eigenvalue weighted by Crippen LogP contribution is 2.27. The van der Waals surface area contributed by atoms with Crippen LogP contribution in [-0.2, 0) is 67.0 Å². The van der Waals surface area contributed by atoms with Crippen molar-refractivity contribution in [3.8, 4) is 0 Å². The number of hydrogen-bond acceptors (Lipinski definition) is 16. The van der Waals surface area contributed by atoms with Crippen molar-refractivity contribution in [3.63, 3.8) is 0 Å². The molecule has 0 saturated heterocycles. The van der Waals surface area contributed by atoms with Gasteiger partial charge in [0.2, 0.25) is 59.1 Å². The lowest BCUT2D eigenvalue weighted by molar-refractivity contribution is -0.164. The number of rotatable bonds is 38. The molecule has 4 N–H and O–H groups in total. The van der Waals surface area contributed by atoms with Crippen molar-refractivity contribution in [2.45, 2.75) is 223 Å². The largest absolute Gasteiger partial charge is 0.463 e. The summed E-state index contributed by atoms with van der Waals surface area (Å²) in [6.45, 7) is 28.3. The number of urea groups is 1. The van der Waals surface area contributed by atoms with Crippen molar-refractivity contribution in [2.75, 3.05) is 63.0 Å². The molecular formula is C70H118N12O15. The molecule has 1 aromatic heterocycles. The van der Waals surface area contributed by atoms with Crippen molar-refractivity contribution in [1.82, 2.24) is 60.6 Å². The number of nitrogens with one attached hydrogen (secondary N) is 4. The van der Waals surface area contributed by atoms with Gasteiger partial charge in [-0.1, -0.05) is 109 Å². The maximum Gasteiger partial charge on any atom is 0.324 e. The zero-order valence-corrected chi connectivity index (χ0v) is 62.6. The van der Waals surface area contributed by atoms with E-state index in [1.807, 2.05) is 69.2 Å². The van der Waals surface area contributed by atoms with Crippen LogP contribution in [0.5, 0.6) is 0 Å². The molecule has 1 aromatic rings. The van der Waals surface area contributed by atoms with E-state index in [-0.39, 0.29) is 74.0 Å². The minimum absolute atomic E-state index is 0.00714. The number of hydrogen-bond donors (Lipinski definition) is 4. The normalized spacial score (nSPS) is 15.0. The van der Waals surface area contributed by atoms with Gasteiger partial charge in [-0.25, -0.2) is 4.79 Å². The van der Waals surface area contributed by atoms with Crippen molar-refractivity contribution in [2.24, 2.45) is 41.4 Å². The van der Waals surface area contributed by atoms with Gasteiger partial charge >= 0.3 is 18.0 Å². The third kappa shape index (κ3) is 27.1. The Balaban J connectivity index is 4.02. The molecule has 0 fully saturated rings. The molecule has 0 bridgehead atoms. The van der Waals surface area contributed by atoms with Crippen LogP contribution in [0.15, 0.2) is 30.5 Å². The Hall–Kier alpha value is -8.00. The molecule has 0 aliphatic heterocycles. The maximum absolute atomic E-state index is 15.6. The summed E-state index contributed by atoms with van der Waals surface area (Å²) < 4.78 is 11.3. The minimum Gasteiger partial charge on any atom is -0.463 e. The first-order valence-corrected chi connectivity index (χ1v) is 33.9. The number of ether oxygens (including phenoxy) is 2. The van der Waals surface area contributed by atoms with E-state index in [0.29, 0.717) is 12.1 Å². The molecule has 0 unspecified atom stereocenters. The third-order valence-electron chi connectivity index (χ3n) is 17.0. The fraction of sp³-hybridized carbons (Fsp3) is 0.714. The Morgan fingerprint density at radius 2 is 0.979 bits per heavy atom. The van der Waals surface area contributed by atoms with Gasteiger partial charge in [-0.3, -0.25) is 67.8 Å². The topological polar surface area (TPSA) is 324 Å². The molecule has 0 aliphatic rings. The highest BCUT2D eigenvalue weighted by atomic mass is 16.5. The summed E-state index contributed by atoms with van der Waals surface area (Å²) in [4.78, 5) is 196. The molecule has 548 valence electrons. The summed E-state index contributed by atoms with van der Waals surface area (Å²) in [7, 11) is 11.1. The molecule has 1 heterocycles. The number of pyridine rings is 1. The fourth-order valence-electron chi connectivity index (χ4n) is 11.3.